The van der Waals surface area contributed by atoms with Crippen molar-refractivity contribution in [1.29, 1.82) is 0 Å². The molecule has 1 fully saturated rings. The number of hydrogen-bond acceptors (Lipinski definition) is 5. The molecule has 1 aromatic carbocycles. The van der Waals surface area contributed by atoms with Crippen molar-refractivity contribution in [3.05, 3.63) is 23.8 Å². The second kappa shape index (κ2) is 9.17. The van der Waals surface area contributed by atoms with E-state index in [-0.39, 0.29) is 29.7 Å². The van der Waals surface area contributed by atoms with E-state index in [0.717, 1.165) is 25.7 Å². The van der Waals surface area contributed by atoms with Crippen molar-refractivity contribution in [3.63, 3.8) is 0 Å². The molecular weight excluding hydrogens is 344 g/mol. The van der Waals surface area contributed by atoms with E-state index in [1.807, 2.05) is 0 Å². The lowest BCUT2D eigenvalue weighted by atomic mass is 10.2. The van der Waals surface area contributed by atoms with E-state index in [2.05, 4.69) is 4.72 Å². The van der Waals surface area contributed by atoms with Crippen LogP contribution in [0.25, 0.3) is 0 Å². The van der Waals surface area contributed by atoms with Gasteiger partial charge in [-0.05, 0) is 31.0 Å². The van der Waals surface area contributed by atoms with Gasteiger partial charge in [0.1, 0.15) is 10.6 Å². The fourth-order valence-corrected chi connectivity index (χ4v) is 4.04. The molecule has 8 heteroatoms. The summed E-state index contributed by atoms with van der Waals surface area (Å²) in [5.74, 6) is 0.0650. The quantitative estimate of drug-likeness (QED) is 0.738. The van der Waals surface area contributed by atoms with E-state index in [4.69, 9.17) is 9.47 Å². The lowest BCUT2D eigenvalue weighted by Crippen LogP contribution is -2.32. The minimum Gasteiger partial charge on any atom is -0.495 e. The van der Waals surface area contributed by atoms with Gasteiger partial charge >= 0.3 is 0 Å². The van der Waals surface area contributed by atoms with Crippen LogP contribution in [-0.2, 0) is 14.8 Å². The molecule has 0 aromatic heterocycles. The Morgan fingerprint density at radius 3 is 2.44 bits per heavy atom. The highest BCUT2D eigenvalue weighted by Gasteiger charge is 2.23. The van der Waals surface area contributed by atoms with Crippen LogP contribution in [0.4, 0.5) is 0 Å². The van der Waals surface area contributed by atoms with Gasteiger partial charge in [-0.1, -0.05) is 12.8 Å². The summed E-state index contributed by atoms with van der Waals surface area (Å²) in [6.45, 7) is 1.82. The predicted octanol–water partition coefficient (Wildman–Crippen LogP) is 1.64. The standard InChI is InChI=1S/C17H26N2O5S/c1-23-12-9-18-25(21,22)16-13-14(7-8-15(16)24-2)17(20)19-10-5-3-4-6-11-19/h7-8,13,18H,3-6,9-12H2,1-2H3. The number of methoxy groups -OCH3 is 2. The van der Waals surface area contributed by atoms with Crippen LogP contribution in [0.5, 0.6) is 5.75 Å². The molecule has 1 N–H and O–H groups in total. The van der Waals surface area contributed by atoms with E-state index >= 15 is 0 Å². The van der Waals surface area contributed by atoms with Crippen molar-refractivity contribution in [2.45, 2.75) is 30.6 Å². The molecule has 2 rings (SSSR count). The molecule has 0 aliphatic carbocycles. The number of carbonyl (C=O) groups excluding carboxylic acids is 1. The van der Waals surface area contributed by atoms with Crippen LogP contribution in [0.2, 0.25) is 0 Å². The second-order valence-corrected chi connectivity index (χ2v) is 7.70. The minimum absolute atomic E-state index is 0.0354. The fourth-order valence-electron chi connectivity index (χ4n) is 2.83. The van der Waals surface area contributed by atoms with Crippen LogP contribution in [-0.4, -0.2) is 59.7 Å². The maximum absolute atomic E-state index is 12.7. The first-order chi connectivity index (χ1) is 12.0. The number of ether oxygens (including phenoxy) is 2. The van der Waals surface area contributed by atoms with Gasteiger partial charge in [0.05, 0.1) is 13.7 Å². The molecule has 0 unspecified atom stereocenters. The summed E-state index contributed by atoms with van der Waals surface area (Å²) in [5.41, 5.74) is 0.356. The zero-order chi connectivity index (χ0) is 18.3. The van der Waals surface area contributed by atoms with E-state index < -0.39 is 10.0 Å². The molecule has 0 bridgehead atoms. The van der Waals surface area contributed by atoms with Gasteiger partial charge in [0.15, 0.2) is 0 Å². The Bertz CT molecular complexity index is 682. The summed E-state index contributed by atoms with van der Waals surface area (Å²) in [7, 11) is -0.897. The maximum Gasteiger partial charge on any atom is 0.253 e. The Morgan fingerprint density at radius 2 is 1.84 bits per heavy atom. The summed E-state index contributed by atoms with van der Waals surface area (Å²) < 4.78 is 37.5. The number of nitrogens with zero attached hydrogens (tertiary/aromatic N) is 1. The first-order valence-corrected chi connectivity index (χ1v) is 9.94. The van der Waals surface area contributed by atoms with Crippen LogP contribution < -0.4 is 9.46 Å². The molecule has 140 valence electrons. The molecule has 1 aliphatic rings. The van der Waals surface area contributed by atoms with Gasteiger partial charge in [-0.25, -0.2) is 13.1 Å². The third-order valence-corrected chi connectivity index (χ3v) is 5.67. The van der Waals surface area contributed by atoms with E-state index in [0.29, 0.717) is 18.7 Å². The first-order valence-electron chi connectivity index (χ1n) is 8.45. The molecule has 7 nitrogen and oxygen atoms in total. The molecule has 1 heterocycles. The lowest BCUT2D eigenvalue weighted by molar-refractivity contribution is 0.0761. The largest absolute Gasteiger partial charge is 0.495 e. The molecular formula is C17H26N2O5S. The third-order valence-electron chi connectivity index (χ3n) is 4.19. The van der Waals surface area contributed by atoms with Crippen molar-refractivity contribution in [1.82, 2.24) is 9.62 Å². The van der Waals surface area contributed by atoms with Gasteiger partial charge < -0.3 is 14.4 Å². The van der Waals surface area contributed by atoms with Crippen molar-refractivity contribution in [2.75, 3.05) is 40.5 Å². The van der Waals surface area contributed by atoms with Crippen LogP contribution in [0.3, 0.4) is 0 Å². The van der Waals surface area contributed by atoms with Crippen LogP contribution in [0, 0.1) is 0 Å². The van der Waals surface area contributed by atoms with E-state index in [1.165, 1.54) is 26.4 Å². The van der Waals surface area contributed by atoms with Crippen LogP contribution >= 0.6 is 0 Å². The monoisotopic (exact) mass is 370 g/mol. The summed E-state index contributed by atoms with van der Waals surface area (Å²) in [6, 6.07) is 4.53. The predicted molar refractivity (Wildman–Crippen MR) is 94.4 cm³/mol. The smallest absolute Gasteiger partial charge is 0.253 e. The molecule has 1 aliphatic heterocycles. The number of likely N-dealkylation sites (tertiary alicyclic amines) is 1. The molecule has 0 spiro atoms. The van der Waals surface area contributed by atoms with Gasteiger partial charge in [-0.3, -0.25) is 4.79 Å². The van der Waals surface area contributed by atoms with Gasteiger partial charge in [0.2, 0.25) is 10.0 Å². The van der Waals surface area contributed by atoms with E-state index in [9.17, 15) is 13.2 Å². The number of sulfonamides is 1. The topological polar surface area (TPSA) is 84.9 Å². The van der Waals surface area contributed by atoms with Crippen LogP contribution in [0.15, 0.2) is 23.1 Å². The zero-order valence-electron chi connectivity index (χ0n) is 14.8. The molecule has 0 saturated carbocycles. The van der Waals surface area contributed by atoms with E-state index in [1.54, 1.807) is 11.0 Å². The van der Waals surface area contributed by atoms with Crippen molar-refractivity contribution in [3.8, 4) is 5.75 Å². The molecule has 0 atom stereocenters. The Morgan fingerprint density at radius 1 is 1.16 bits per heavy atom. The zero-order valence-corrected chi connectivity index (χ0v) is 15.6. The van der Waals surface area contributed by atoms with Crippen LogP contribution in [0.1, 0.15) is 36.0 Å². The number of rotatable bonds is 7. The number of benzene rings is 1. The highest BCUT2D eigenvalue weighted by Crippen LogP contribution is 2.26. The summed E-state index contributed by atoms with van der Waals surface area (Å²) in [6.07, 6.45) is 4.20. The molecule has 25 heavy (non-hydrogen) atoms. The summed E-state index contributed by atoms with van der Waals surface area (Å²) >= 11 is 0. The van der Waals surface area contributed by atoms with Gasteiger partial charge in [-0.15, -0.1) is 0 Å². The first kappa shape index (κ1) is 19.7. The number of amides is 1. The second-order valence-electron chi connectivity index (χ2n) is 5.96. The van der Waals surface area contributed by atoms with Gasteiger partial charge in [0.25, 0.3) is 5.91 Å². The van der Waals surface area contributed by atoms with Gasteiger partial charge in [-0.2, -0.15) is 0 Å². The Labute approximate surface area is 149 Å². The Balaban J connectivity index is 2.27. The average Bonchev–Trinajstić information content (AvgIpc) is 2.90. The third kappa shape index (κ3) is 5.17. The highest BCUT2D eigenvalue weighted by atomic mass is 32.2. The normalized spacial score (nSPS) is 15.7. The molecule has 1 saturated heterocycles. The van der Waals surface area contributed by atoms with Crippen molar-refractivity contribution >= 4 is 15.9 Å². The fraction of sp³-hybridized carbons (Fsp3) is 0.588. The maximum atomic E-state index is 12.7. The minimum atomic E-state index is -3.79. The Hall–Kier alpha value is -1.64. The summed E-state index contributed by atoms with van der Waals surface area (Å²) in [5, 5.41) is 0. The summed E-state index contributed by atoms with van der Waals surface area (Å²) in [4.78, 5) is 14.5. The number of carbonyl (C=O) groups is 1. The highest BCUT2D eigenvalue weighted by molar-refractivity contribution is 7.89. The Kier molecular flexibility index (Phi) is 7.22. The van der Waals surface area contributed by atoms with Crippen molar-refractivity contribution < 1.29 is 22.7 Å². The number of nitrogens with one attached hydrogen (secondary N) is 1. The number of hydrogen-bond donors (Lipinski definition) is 1. The molecule has 1 aromatic rings. The molecule has 1 amide bonds. The lowest BCUT2D eigenvalue weighted by Gasteiger charge is -2.21. The van der Waals surface area contributed by atoms with Gasteiger partial charge in [0, 0.05) is 32.3 Å². The SMILES string of the molecule is COCCNS(=O)(=O)c1cc(C(=O)N2CCCCCC2)ccc1OC. The van der Waals surface area contributed by atoms with Crippen molar-refractivity contribution in [2.24, 2.45) is 0 Å². The average molecular weight is 370 g/mol. The molecule has 0 radical (unpaired) electrons.